The summed E-state index contributed by atoms with van der Waals surface area (Å²) in [7, 11) is 0. The number of esters is 1. The largest absolute Gasteiger partial charge is 0.464 e. The van der Waals surface area contributed by atoms with Crippen LogP contribution in [-0.4, -0.2) is 24.3 Å². The summed E-state index contributed by atoms with van der Waals surface area (Å²) in [5.41, 5.74) is 0.733. The third-order valence-electron chi connectivity index (χ3n) is 2.10. The van der Waals surface area contributed by atoms with E-state index in [9.17, 15) is 4.79 Å². The number of halogens is 1. The van der Waals surface area contributed by atoms with Crippen LogP contribution in [0.2, 0.25) is 0 Å². The van der Waals surface area contributed by atoms with E-state index in [1.807, 2.05) is 18.2 Å². The predicted octanol–water partition coefficient (Wildman–Crippen LogP) is 2.28. The first-order valence-corrected chi connectivity index (χ1v) is 5.66. The van der Waals surface area contributed by atoms with Crippen LogP contribution in [0.3, 0.4) is 0 Å². The molecular formula is C12H15ClO3. The number of benzene rings is 1. The molecule has 0 heterocycles. The molecule has 0 aliphatic heterocycles. The van der Waals surface area contributed by atoms with E-state index in [4.69, 9.17) is 21.4 Å². The zero-order valence-corrected chi connectivity index (χ0v) is 9.69. The molecule has 1 atom stereocenters. The second kappa shape index (κ2) is 7.25. The normalized spacial score (nSPS) is 12.1. The molecule has 0 fully saturated rings. The van der Waals surface area contributed by atoms with Crippen molar-refractivity contribution >= 4 is 17.6 Å². The number of aliphatic hydroxyl groups is 1. The highest BCUT2D eigenvalue weighted by Crippen LogP contribution is 2.21. The van der Waals surface area contributed by atoms with E-state index in [1.54, 1.807) is 12.1 Å². The molecular weight excluding hydrogens is 228 g/mol. The van der Waals surface area contributed by atoms with Gasteiger partial charge in [0.05, 0.1) is 6.61 Å². The summed E-state index contributed by atoms with van der Waals surface area (Å²) >= 11 is 5.95. The molecule has 1 N–H and O–H groups in total. The Morgan fingerprint density at radius 1 is 1.31 bits per heavy atom. The third kappa shape index (κ3) is 4.21. The van der Waals surface area contributed by atoms with E-state index in [-0.39, 0.29) is 6.61 Å². The number of aliphatic hydroxyl groups excluding tert-OH is 1. The zero-order chi connectivity index (χ0) is 11.8. The number of hydrogen-bond acceptors (Lipinski definition) is 3. The van der Waals surface area contributed by atoms with Crippen molar-refractivity contribution in [3.63, 3.8) is 0 Å². The zero-order valence-electron chi connectivity index (χ0n) is 8.93. The van der Waals surface area contributed by atoms with E-state index in [2.05, 4.69) is 0 Å². The van der Waals surface area contributed by atoms with Gasteiger partial charge in [-0.25, -0.2) is 0 Å². The minimum atomic E-state index is -0.754. The number of rotatable bonds is 6. The van der Waals surface area contributed by atoms with Crippen LogP contribution in [-0.2, 0) is 9.53 Å². The van der Waals surface area contributed by atoms with Crippen LogP contribution >= 0.6 is 11.6 Å². The molecule has 3 nitrogen and oxygen atoms in total. The van der Waals surface area contributed by atoms with Gasteiger partial charge in [-0.05, 0) is 18.4 Å². The topological polar surface area (TPSA) is 46.5 Å². The number of hydrogen-bond donors (Lipinski definition) is 1. The molecule has 0 aliphatic carbocycles. The Kier molecular flexibility index (Phi) is 5.90. The van der Waals surface area contributed by atoms with Gasteiger partial charge in [0.15, 0.2) is 5.38 Å². The summed E-state index contributed by atoms with van der Waals surface area (Å²) < 4.78 is 4.98. The fraction of sp³-hybridized carbons (Fsp3) is 0.417. The van der Waals surface area contributed by atoms with E-state index in [1.165, 1.54) is 0 Å². The predicted molar refractivity (Wildman–Crippen MR) is 62.3 cm³/mol. The molecule has 16 heavy (non-hydrogen) atoms. The van der Waals surface area contributed by atoms with Gasteiger partial charge in [0, 0.05) is 6.61 Å². The highest BCUT2D eigenvalue weighted by atomic mass is 35.5. The van der Waals surface area contributed by atoms with Crippen molar-refractivity contribution in [3.8, 4) is 0 Å². The summed E-state index contributed by atoms with van der Waals surface area (Å²) in [6, 6.07) is 9.08. The van der Waals surface area contributed by atoms with E-state index in [0.717, 1.165) is 5.56 Å². The first-order valence-electron chi connectivity index (χ1n) is 5.22. The van der Waals surface area contributed by atoms with Gasteiger partial charge in [0.1, 0.15) is 0 Å². The number of unbranched alkanes of at least 4 members (excludes halogenated alkanes) is 1. The molecule has 0 saturated carbocycles. The van der Waals surface area contributed by atoms with Crippen molar-refractivity contribution in [2.75, 3.05) is 13.2 Å². The fourth-order valence-electron chi connectivity index (χ4n) is 1.22. The van der Waals surface area contributed by atoms with Gasteiger partial charge in [0.2, 0.25) is 0 Å². The Balaban J connectivity index is 2.37. The number of carbonyl (C=O) groups excluding carboxylic acids is 1. The van der Waals surface area contributed by atoms with Crippen molar-refractivity contribution in [2.45, 2.75) is 18.2 Å². The minimum absolute atomic E-state index is 0.112. The molecule has 0 amide bonds. The molecule has 1 aromatic carbocycles. The highest BCUT2D eigenvalue weighted by molar-refractivity contribution is 6.29. The van der Waals surface area contributed by atoms with E-state index >= 15 is 0 Å². The first kappa shape index (κ1) is 13.0. The minimum Gasteiger partial charge on any atom is -0.464 e. The summed E-state index contributed by atoms with van der Waals surface area (Å²) in [5, 5.41) is 7.80. The lowest BCUT2D eigenvalue weighted by Gasteiger charge is -2.09. The lowest BCUT2D eigenvalue weighted by molar-refractivity contribution is -0.143. The quantitative estimate of drug-likeness (QED) is 0.473. The third-order valence-corrected chi connectivity index (χ3v) is 2.53. The standard InChI is InChI=1S/C12H15ClO3/c13-11(10-6-2-1-3-7-10)12(15)16-9-5-4-8-14/h1-3,6-7,11,14H,4-5,8-9H2. The molecule has 4 heteroatoms. The second-order valence-corrected chi connectivity index (χ2v) is 3.81. The van der Waals surface area contributed by atoms with Gasteiger partial charge in [-0.15, -0.1) is 11.6 Å². The molecule has 0 saturated heterocycles. The highest BCUT2D eigenvalue weighted by Gasteiger charge is 2.18. The maximum atomic E-state index is 11.5. The van der Waals surface area contributed by atoms with Crippen molar-refractivity contribution < 1.29 is 14.6 Å². The number of ether oxygens (including phenoxy) is 1. The molecule has 1 aromatic rings. The number of alkyl halides is 1. The van der Waals surface area contributed by atoms with Crippen molar-refractivity contribution in [3.05, 3.63) is 35.9 Å². The van der Waals surface area contributed by atoms with Crippen LogP contribution in [0.5, 0.6) is 0 Å². The van der Waals surface area contributed by atoms with Gasteiger partial charge >= 0.3 is 5.97 Å². The van der Waals surface area contributed by atoms with Gasteiger partial charge in [-0.2, -0.15) is 0 Å². The van der Waals surface area contributed by atoms with Crippen LogP contribution in [0, 0.1) is 0 Å². The molecule has 1 rings (SSSR count). The summed E-state index contributed by atoms with van der Waals surface area (Å²) in [6.45, 7) is 0.413. The second-order valence-electron chi connectivity index (χ2n) is 3.37. The monoisotopic (exact) mass is 242 g/mol. The summed E-state index contributed by atoms with van der Waals surface area (Å²) in [5.74, 6) is -0.439. The molecule has 0 spiro atoms. The van der Waals surface area contributed by atoms with E-state index in [0.29, 0.717) is 19.4 Å². The molecule has 0 radical (unpaired) electrons. The van der Waals surface area contributed by atoms with Crippen LogP contribution in [0.4, 0.5) is 0 Å². The van der Waals surface area contributed by atoms with Crippen LogP contribution < -0.4 is 0 Å². The van der Waals surface area contributed by atoms with Crippen LogP contribution in [0.25, 0.3) is 0 Å². The maximum Gasteiger partial charge on any atom is 0.328 e. The van der Waals surface area contributed by atoms with Gasteiger partial charge in [-0.1, -0.05) is 30.3 Å². The lowest BCUT2D eigenvalue weighted by atomic mass is 10.1. The average molecular weight is 243 g/mol. The van der Waals surface area contributed by atoms with Crippen molar-refractivity contribution in [2.24, 2.45) is 0 Å². The molecule has 1 unspecified atom stereocenters. The SMILES string of the molecule is O=C(OCCCCO)C(Cl)c1ccccc1. The van der Waals surface area contributed by atoms with Crippen molar-refractivity contribution in [1.29, 1.82) is 0 Å². The Labute approximate surface area is 100.0 Å². The summed E-state index contributed by atoms with van der Waals surface area (Å²) in [6.07, 6.45) is 1.28. The number of carbonyl (C=O) groups is 1. The Bertz CT molecular complexity index is 313. The smallest absolute Gasteiger partial charge is 0.328 e. The molecule has 88 valence electrons. The fourth-order valence-corrected chi connectivity index (χ4v) is 1.43. The Hall–Kier alpha value is -1.06. The maximum absolute atomic E-state index is 11.5. The molecule has 0 aliphatic rings. The van der Waals surface area contributed by atoms with Gasteiger partial charge in [0.25, 0.3) is 0 Å². The van der Waals surface area contributed by atoms with Gasteiger partial charge in [-0.3, -0.25) is 4.79 Å². The van der Waals surface area contributed by atoms with Crippen LogP contribution in [0.15, 0.2) is 30.3 Å². The van der Waals surface area contributed by atoms with Gasteiger partial charge < -0.3 is 9.84 Å². The average Bonchev–Trinajstić information content (AvgIpc) is 2.34. The Morgan fingerprint density at radius 2 is 2.00 bits per heavy atom. The van der Waals surface area contributed by atoms with Crippen LogP contribution in [0.1, 0.15) is 23.8 Å². The molecule has 0 aromatic heterocycles. The first-order chi connectivity index (χ1) is 7.75. The lowest BCUT2D eigenvalue weighted by Crippen LogP contribution is -2.12. The van der Waals surface area contributed by atoms with Crippen molar-refractivity contribution in [1.82, 2.24) is 0 Å². The summed E-state index contributed by atoms with van der Waals surface area (Å²) in [4.78, 5) is 11.5. The molecule has 0 bridgehead atoms. The van der Waals surface area contributed by atoms with E-state index < -0.39 is 11.3 Å². The Morgan fingerprint density at radius 3 is 2.62 bits per heavy atom.